The molecule has 0 aliphatic carbocycles. The lowest BCUT2D eigenvalue weighted by Gasteiger charge is -2.32. The Morgan fingerprint density at radius 1 is 0.727 bits per heavy atom. The zero-order valence-corrected chi connectivity index (χ0v) is 19.4. The molecule has 5 nitrogen and oxygen atoms in total. The third-order valence-corrected chi connectivity index (χ3v) is 6.60. The minimum atomic E-state index is -0.389. The number of rotatable bonds is 4. The van der Waals surface area contributed by atoms with Crippen molar-refractivity contribution >= 4 is 24.3 Å². The van der Waals surface area contributed by atoms with Crippen LogP contribution in [-0.4, -0.2) is 30.0 Å². The van der Waals surface area contributed by atoms with Gasteiger partial charge in [-0.3, -0.25) is 0 Å². The summed E-state index contributed by atoms with van der Waals surface area (Å²) in [4.78, 5) is 9.79. The van der Waals surface area contributed by atoms with Crippen LogP contribution in [-0.2, 0) is 9.31 Å². The van der Waals surface area contributed by atoms with E-state index in [9.17, 15) is 0 Å². The Hall–Kier alpha value is -3.22. The van der Waals surface area contributed by atoms with Crippen LogP contribution in [0.1, 0.15) is 50.6 Å². The molecule has 33 heavy (non-hydrogen) atoms. The molecule has 1 unspecified atom stereocenters. The van der Waals surface area contributed by atoms with E-state index < -0.39 is 0 Å². The third-order valence-electron chi connectivity index (χ3n) is 6.60. The first kappa shape index (κ1) is 21.6. The molecule has 166 valence electrons. The van der Waals surface area contributed by atoms with Gasteiger partial charge in [-0.25, -0.2) is 9.98 Å². The lowest BCUT2D eigenvalue weighted by atomic mass is 9.79. The van der Waals surface area contributed by atoms with Crippen molar-refractivity contribution in [2.24, 2.45) is 9.98 Å². The van der Waals surface area contributed by atoms with E-state index in [-0.39, 0.29) is 24.5 Å². The van der Waals surface area contributed by atoms with Gasteiger partial charge in [0.15, 0.2) is 5.84 Å². The maximum absolute atomic E-state index is 6.20. The standard InChI is InChI=1S/C27H28BN3O2/c1-26(2)27(3,4)33-28(32-26)22-17-15-21(16-18-22)25-30-23(19-11-7-5-8-12-19)29-24(31-25)20-13-9-6-10-14-20/h5-18,23H,1-4H3,(H,29,30,31). The molecule has 0 saturated carbocycles. The van der Waals surface area contributed by atoms with E-state index in [1.807, 2.05) is 60.7 Å². The monoisotopic (exact) mass is 437 g/mol. The van der Waals surface area contributed by atoms with E-state index in [1.54, 1.807) is 0 Å². The van der Waals surface area contributed by atoms with E-state index in [4.69, 9.17) is 19.3 Å². The second-order valence-electron chi connectivity index (χ2n) is 9.45. The van der Waals surface area contributed by atoms with Crippen molar-refractivity contribution in [2.75, 3.05) is 0 Å². The van der Waals surface area contributed by atoms with Crippen LogP contribution >= 0.6 is 0 Å². The number of hydrogen-bond acceptors (Lipinski definition) is 5. The highest BCUT2D eigenvalue weighted by atomic mass is 16.7. The molecule has 6 heteroatoms. The maximum atomic E-state index is 6.20. The van der Waals surface area contributed by atoms with Gasteiger partial charge in [0, 0.05) is 11.1 Å². The topological polar surface area (TPSA) is 55.2 Å². The first-order valence-corrected chi connectivity index (χ1v) is 11.3. The summed E-state index contributed by atoms with van der Waals surface area (Å²) in [5.41, 5.74) is 3.32. The minimum absolute atomic E-state index is 0.211. The molecule has 0 radical (unpaired) electrons. The molecule has 2 aliphatic rings. The molecule has 0 aromatic heterocycles. The molecule has 1 fully saturated rings. The van der Waals surface area contributed by atoms with Crippen molar-refractivity contribution in [2.45, 2.75) is 45.1 Å². The fraction of sp³-hybridized carbons (Fsp3) is 0.259. The zero-order valence-electron chi connectivity index (χ0n) is 19.4. The van der Waals surface area contributed by atoms with Gasteiger partial charge in [-0.15, -0.1) is 0 Å². The van der Waals surface area contributed by atoms with Gasteiger partial charge in [0.2, 0.25) is 0 Å². The Balaban J connectivity index is 1.47. The highest BCUT2D eigenvalue weighted by Crippen LogP contribution is 2.36. The van der Waals surface area contributed by atoms with E-state index in [2.05, 4.69) is 57.3 Å². The first-order valence-electron chi connectivity index (χ1n) is 11.3. The van der Waals surface area contributed by atoms with Gasteiger partial charge < -0.3 is 14.6 Å². The SMILES string of the molecule is CC1(C)OB(c2ccc(C3=NC(c4ccccc4)NC(c4ccccc4)=N3)cc2)OC1(C)C. The van der Waals surface area contributed by atoms with Crippen LogP contribution < -0.4 is 10.8 Å². The van der Waals surface area contributed by atoms with Gasteiger partial charge in [-0.1, -0.05) is 84.9 Å². The molecule has 3 aromatic carbocycles. The summed E-state index contributed by atoms with van der Waals surface area (Å²) in [5.74, 6) is 1.51. The summed E-state index contributed by atoms with van der Waals surface area (Å²) in [6.07, 6.45) is -0.211. The summed E-state index contributed by atoms with van der Waals surface area (Å²) >= 11 is 0. The Labute approximate surface area is 195 Å². The number of aliphatic imine (C=N–C) groups is 2. The van der Waals surface area contributed by atoms with Crippen LogP contribution in [0.5, 0.6) is 0 Å². The third kappa shape index (κ3) is 4.24. The van der Waals surface area contributed by atoms with E-state index in [0.29, 0.717) is 5.84 Å². The Morgan fingerprint density at radius 2 is 1.30 bits per heavy atom. The van der Waals surface area contributed by atoms with E-state index in [1.165, 1.54) is 0 Å². The summed E-state index contributed by atoms with van der Waals surface area (Å²) in [5, 5.41) is 3.48. The fourth-order valence-corrected chi connectivity index (χ4v) is 3.90. The number of amidine groups is 2. The normalized spacial score (nSPS) is 21.2. The lowest BCUT2D eigenvalue weighted by Crippen LogP contribution is -2.41. The summed E-state index contributed by atoms with van der Waals surface area (Å²) in [6, 6.07) is 28.5. The van der Waals surface area contributed by atoms with Gasteiger partial charge >= 0.3 is 7.12 Å². The number of hydrogen-bond donors (Lipinski definition) is 1. The summed E-state index contributed by atoms with van der Waals surface area (Å²) in [7, 11) is -0.389. The van der Waals surface area contributed by atoms with E-state index >= 15 is 0 Å². The second-order valence-corrected chi connectivity index (χ2v) is 9.45. The smallest absolute Gasteiger partial charge is 0.399 e. The fourth-order valence-electron chi connectivity index (χ4n) is 3.90. The molecule has 3 aromatic rings. The highest BCUT2D eigenvalue weighted by molar-refractivity contribution is 6.62. The second kappa shape index (κ2) is 8.29. The quantitative estimate of drug-likeness (QED) is 0.613. The Morgan fingerprint density at radius 3 is 1.91 bits per heavy atom. The molecule has 0 spiro atoms. The molecule has 1 atom stereocenters. The zero-order chi connectivity index (χ0) is 23.1. The Kier molecular flexibility index (Phi) is 5.43. The van der Waals surface area contributed by atoms with Crippen molar-refractivity contribution in [3.05, 3.63) is 102 Å². The van der Waals surface area contributed by atoms with Gasteiger partial charge in [-0.2, -0.15) is 0 Å². The van der Waals surface area contributed by atoms with Crippen LogP contribution in [0.25, 0.3) is 0 Å². The van der Waals surface area contributed by atoms with Crippen molar-refractivity contribution in [1.29, 1.82) is 0 Å². The molecule has 5 rings (SSSR count). The average molecular weight is 437 g/mol. The van der Waals surface area contributed by atoms with Gasteiger partial charge in [0.1, 0.15) is 12.0 Å². The van der Waals surface area contributed by atoms with Crippen LogP contribution in [0.2, 0.25) is 0 Å². The van der Waals surface area contributed by atoms with Gasteiger partial charge in [-0.05, 0) is 38.7 Å². The van der Waals surface area contributed by atoms with Crippen LogP contribution in [0.15, 0.2) is 94.9 Å². The Bertz CT molecular complexity index is 1170. The lowest BCUT2D eigenvalue weighted by molar-refractivity contribution is 0.00578. The van der Waals surface area contributed by atoms with Crippen LogP contribution in [0.3, 0.4) is 0 Å². The van der Waals surface area contributed by atoms with Gasteiger partial charge in [0.05, 0.1) is 11.2 Å². The predicted octanol–water partition coefficient (Wildman–Crippen LogP) is 4.48. The highest BCUT2D eigenvalue weighted by Gasteiger charge is 2.51. The largest absolute Gasteiger partial charge is 0.494 e. The van der Waals surface area contributed by atoms with Gasteiger partial charge in [0.25, 0.3) is 0 Å². The first-order chi connectivity index (χ1) is 15.8. The molecule has 1 N–H and O–H groups in total. The number of benzene rings is 3. The van der Waals surface area contributed by atoms with Crippen LogP contribution in [0.4, 0.5) is 0 Å². The molecule has 0 bridgehead atoms. The molecule has 2 heterocycles. The maximum Gasteiger partial charge on any atom is 0.494 e. The minimum Gasteiger partial charge on any atom is -0.399 e. The van der Waals surface area contributed by atoms with Crippen molar-refractivity contribution in [1.82, 2.24) is 5.32 Å². The number of nitrogens with zero attached hydrogens (tertiary/aromatic N) is 2. The van der Waals surface area contributed by atoms with E-state index in [0.717, 1.165) is 28.0 Å². The molecular weight excluding hydrogens is 409 g/mol. The molecule has 1 saturated heterocycles. The number of nitrogens with one attached hydrogen (secondary N) is 1. The molecule has 2 aliphatic heterocycles. The van der Waals surface area contributed by atoms with Crippen molar-refractivity contribution < 1.29 is 9.31 Å². The summed E-state index contributed by atoms with van der Waals surface area (Å²) in [6.45, 7) is 8.26. The van der Waals surface area contributed by atoms with Crippen molar-refractivity contribution in [3.63, 3.8) is 0 Å². The van der Waals surface area contributed by atoms with Crippen LogP contribution in [0, 0.1) is 0 Å². The van der Waals surface area contributed by atoms with Crippen molar-refractivity contribution in [3.8, 4) is 0 Å². The average Bonchev–Trinajstić information content (AvgIpc) is 3.07. The molecular formula is C27H28BN3O2. The molecule has 0 amide bonds. The summed E-state index contributed by atoms with van der Waals surface area (Å²) < 4.78 is 12.4. The predicted molar refractivity (Wildman–Crippen MR) is 134 cm³/mol.